The standard InChI is InChI=1S/C47H58N4O15/c1-21-11-10-12-22(2)46(60)49-37-41(59)33-32(36-44(37)65-31-20-28(19-29(55)35(31)48-36)51(14-16-52)15-17-53)34-43(26(6)40(33)58)66-47(8,45(34)50-61)63-18-13-30(62-9)23(3)42(64-27(7)54)25(5)39(57)24(4)38(21)56/h10-13,18-21,23-25,30,38-39,42,50,52-53,56-58,61H,14-17H2,1-9H3,(H,49,60)/b11-10+,18-13+,22-12-/t21-,23+,24+,25+,30-,38-,39+,42+,47-/m0/s1. The topological polar surface area (TPSA) is 280 Å². The van der Waals surface area contributed by atoms with Crippen molar-refractivity contribution in [2.45, 2.75) is 85.6 Å². The molecule has 0 unspecified atom stereocenters. The molecule has 0 spiro atoms. The fourth-order valence-corrected chi connectivity index (χ4v) is 8.85. The molecule has 9 atom stereocenters. The number of ether oxygens (including phenoxy) is 4. The number of phenols is 1. The highest BCUT2D eigenvalue weighted by Crippen LogP contribution is 2.42. The third-order valence-electron chi connectivity index (χ3n) is 12.7. The lowest BCUT2D eigenvalue weighted by Gasteiger charge is -2.38. The first-order valence-electron chi connectivity index (χ1n) is 21.6. The van der Waals surface area contributed by atoms with Crippen LogP contribution in [0.2, 0.25) is 0 Å². The number of allylic oxidation sites excluding steroid dienone is 2. The van der Waals surface area contributed by atoms with E-state index < -0.39 is 88.0 Å². The van der Waals surface area contributed by atoms with E-state index in [4.69, 9.17) is 28.3 Å². The Hall–Kier alpha value is -6.09. The van der Waals surface area contributed by atoms with Gasteiger partial charge in [0.2, 0.25) is 10.9 Å². The average Bonchev–Trinajstić information content (AvgIpc) is 3.58. The van der Waals surface area contributed by atoms with E-state index in [2.05, 4.69) is 10.8 Å². The highest BCUT2D eigenvalue weighted by molar-refractivity contribution is 6.17. The molecule has 356 valence electrons. The Morgan fingerprint density at radius 2 is 1.65 bits per heavy atom. The van der Waals surface area contributed by atoms with Crippen LogP contribution in [-0.4, -0.2) is 111 Å². The SMILES string of the molecule is CO[C@H]1/C=C/O[C@@]2(C)Oc3c(C)c(O)c4c(=O)c(c5oc6cc(N(CCO)CCO)cc(=O)c6nc5c4c3=C2NO)NC(=O)/C(C)=C\C=C\[C@H](C)[C@H](O)[C@@H](C)[C@@H](O)[C@@H](C)[C@H](OC(C)=O)[C@@H]1C. The first-order valence-corrected chi connectivity index (χ1v) is 21.6. The third kappa shape index (κ3) is 9.06. The summed E-state index contributed by atoms with van der Waals surface area (Å²) in [6, 6.07) is 2.68. The number of hydrogen-bond acceptors (Lipinski definition) is 18. The summed E-state index contributed by atoms with van der Waals surface area (Å²) in [5.74, 6) is -6.57. The number of hydroxylamine groups is 1. The van der Waals surface area contributed by atoms with Crippen LogP contribution < -0.4 is 36.5 Å². The Morgan fingerprint density at radius 1 is 0.970 bits per heavy atom. The number of nitrogens with zero attached hydrogens (tertiary/aromatic N) is 2. The molecule has 2 aliphatic heterocycles. The van der Waals surface area contributed by atoms with E-state index in [9.17, 15) is 49.9 Å². The molecule has 19 nitrogen and oxygen atoms in total. The maximum absolute atomic E-state index is 14.9. The van der Waals surface area contributed by atoms with Crippen molar-refractivity contribution >= 4 is 61.9 Å². The Balaban J connectivity index is 1.68. The Labute approximate surface area is 379 Å². The number of rotatable bonds is 8. The lowest BCUT2D eigenvalue weighted by Crippen LogP contribution is -2.46. The zero-order valence-corrected chi connectivity index (χ0v) is 38.2. The Morgan fingerprint density at radius 3 is 2.27 bits per heavy atom. The number of esters is 1. The Kier molecular flexibility index (Phi) is 14.8. The zero-order chi connectivity index (χ0) is 48.5. The number of anilines is 2. The number of methoxy groups -OCH3 is 1. The molecular weight excluding hydrogens is 861 g/mol. The van der Waals surface area contributed by atoms with Crippen LogP contribution in [0.1, 0.15) is 54.0 Å². The first-order chi connectivity index (χ1) is 31.2. The highest BCUT2D eigenvalue weighted by atomic mass is 16.7. The second-order valence-electron chi connectivity index (χ2n) is 17.1. The minimum absolute atomic E-state index is 0.00245. The van der Waals surface area contributed by atoms with Crippen LogP contribution in [-0.2, 0) is 23.8 Å². The van der Waals surface area contributed by atoms with Crippen molar-refractivity contribution in [1.29, 1.82) is 0 Å². The van der Waals surface area contributed by atoms with E-state index in [1.807, 2.05) is 0 Å². The van der Waals surface area contributed by atoms with Crippen LogP contribution in [0.4, 0.5) is 11.4 Å². The van der Waals surface area contributed by atoms with Crippen LogP contribution in [0.5, 0.6) is 11.5 Å². The van der Waals surface area contributed by atoms with Crippen LogP contribution in [0.15, 0.2) is 62.3 Å². The smallest absolute Gasteiger partial charge is 0.302 e. The molecule has 19 heteroatoms. The summed E-state index contributed by atoms with van der Waals surface area (Å²) in [4.78, 5) is 61.4. The number of phenolic OH excluding ortho intramolecular Hbond substituents is 1. The van der Waals surface area contributed by atoms with Gasteiger partial charge in [-0.05, 0) is 19.9 Å². The van der Waals surface area contributed by atoms with Crippen molar-refractivity contribution in [3.05, 3.63) is 79.5 Å². The Bertz CT molecular complexity index is 2800. The quantitative estimate of drug-likeness (QED) is 0.0546. The van der Waals surface area contributed by atoms with Gasteiger partial charge < -0.3 is 59.1 Å². The fraction of sp³-hybridized carbons (Fsp3) is 0.468. The van der Waals surface area contributed by atoms with Crippen molar-refractivity contribution in [2.24, 2.45) is 23.7 Å². The predicted molar refractivity (Wildman–Crippen MR) is 244 cm³/mol. The number of fused-ring (bicyclic) bond motifs is 2. The van der Waals surface area contributed by atoms with Gasteiger partial charge in [-0.3, -0.25) is 29.9 Å². The molecule has 0 saturated carbocycles. The molecule has 4 bridgehead atoms. The van der Waals surface area contributed by atoms with Gasteiger partial charge >= 0.3 is 5.97 Å². The van der Waals surface area contributed by atoms with E-state index in [0.29, 0.717) is 0 Å². The number of carbonyl (C=O) groups excluding carboxylic acids is 2. The monoisotopic (exact) mass is 918 g/mol. The molecule has 1 amide bonds. The molecule has 0 radical (unpaired) electrons. The lowest BCUT2D eigenvalue weighted by molar-refractivity contribution is -0.160. The van der Waals surface area contributed by atoms with Crippen LogP contribution in [0, 0.1) is 30.6 Å². The molecule has 66 heavy (non-hydrogen) atoms. The minimum Gasteiger partial charge on any atom is -0.507 e. The molecule has 0 fully saturated rings. The number of hydrogen-bond donors (Lipinski definition) is 8. The van der Waals surface area contributed by atoms with E-state index >= 15 is 0 Å². The molecule has 1 aromatic heterocycles. The molecule has 3 heterocycles. The summed E-state index contributed by atoms with van der Waals surface area (Å²) in [7, 11) is 1.43. The summed E-state index contributed by atoms with van der Waals surface area (Å²) >= 11 is 0. The molecule has 0 saturated heterocycles. The van der Waals surface area contributed by atoms with Gasteiger partial charge in [-0.1, -0.05) is 45.9 Å². The summed E-state index contributed by atoms with van der Waals surface area (Å²) < 4.78 is 30.5. The van der Waals surface area contributed by atoms with Crippen molar-refractivity contribution in [3.8, 4) is 11.5 Å². The summed E-state index contributed by atoms with van der Waals surface area (Å²) in [5, 5.41) is 67.3. The van der Waals surface area contributed by atoms with Crippen molar-refractivity contribution in [2.75, 3.05) is 43.6 Å². The number of carbonyl (C=O) groups is 2. The molecule has 2 aliphatic rings. The van der Waals surface area contributed by atoms with E-state index in [-0.39, 0.29) is 92.8 Å². The van der Waals surface area contributed by atoms with Gasteiger partial charge in [-0.15, -0.1) is 0 Å². The minimum atomic E-state index is -1.93. The van der Waals surface area contributed by atoms with Gasteiger partial charge in [0.1, 0.15) is 34.5 Å². The lowest BCUT2D eigenvalue weighted by atomic mass is 9.78. The number of aliphatic hydroxyl groups excluding tert-OH is 4. The largest absolute Gasteiger partial charge is 0.507 e. The fourth-order valence-electron chi connectivity index (χ4n) is 8.85. The van der Waals surface area contributed by atoms with E-state index in [1.165, 1.54) is 71.4 Å². The summed E-state index contributed by atoms with van der Waals surface area (Å²) in [6.07, 6.45) is 3.33. The van der Waals surface area contributed by atoms with Gasteiger partial charge in [0.15, 0.2) is 16.7 Å². The molecular formula is C47H58N4O15. The van der Waals surface area contributed by atoms with Gasteiger partial charge in [0, 0.05) is 92.1 Å². The number of nitrogens with one attached hydrogen (secondary N) is 2. The second kappa shape index (κ2) is 19.8. The summed E-state index contributed by atoms with van der Waals surface area (Å²) in [5.41, 5.74) is -0.555. The molecule has 6 rings (SSSR count). The van der Waals surface area contributed by atoms with Crippen molar-refractivity contribution < 1.29 is 63.7 Å². The second-order valence-corrected chi connectivity index (χ2v) is 17.1. The van der Waals surface area contributed by atoms with E-state index in [0.717, 1.165) is 0 Å². The van der Waals surface area contributed by atoms with E-state index in [1.54, 1.807) is 38.7 Å². The first kappa shape index (κ1) is 49.3. The maximum atomic E-state index is 14.9. The maximum Gasteiger partial charge on any atom is 0.302 e. The van der Waals surface area contributed by atoms with Crippen LogP contribution in [0.3, 0.4) is 0 Å². The third-order valence-corrected chi connectivity index (χ3v) is 12.7. The molecule has 4 aromatic rings. The van der Waals surface area contributed by atoms with Gasteiger partial charge in [-0.2, -0.15) is 0 Å². The molecule has 0 aliphatic carbocycles. The molecule has 3 aromatic carbocycles. The van der Waals surface area contributed by atoms with Crippen LogP contribution in [0.25, 0.3) is 38.7 Å². The normalized spacial score (nSPS) is 28.1. The van der Waals surface area contributed by atoms with Crippen molar-refractivity contribution in [3.63, 3.8) is 0 Å². The number of aliphatic hydroxyl groups is 4. The number of benzene rings is 3. The van der Waals surface area contributed by atoms with Gasteiger partial charge in [-0.25, -0.2) is 4.98 Å². The van der Waals surface area contributed by atoms with Gasteiger partial charge in [0.05, 0.1) is 48.4 Å². The highest BCUT2D eigenvalue weighted by Gasteiger charge is 2.44. The summed E-state index contributed by atoms with van der Waals surface area (Å²) in [6.45, 7) is 12.0. The molecule has 8 N–H and O–H groups in total. The van der Waals surface area contributed by atoms with Crippen molar-refractivity contribution in [1.82, 2.24) is 10.5 Å². The number of aromatic nitrogens is 1. The number of aromatic hydroxyl groups is 1. The predicted octanol–water partition coefficient (Wildman–Crippen LogP) is 2.77. The average molecular weight is 919 g/mol. The number of amides is 1. The van der Waals surface area contributed by atoms with Gasteiger partial charge in [0.25, 0.3) is 11.7 Å². The van der Waals surface area contributed by atoms with Crippen LogP contribution >= 0.6 is 0 Å². The zero-order valence-electron chi connectivity index (χ0n) is 38.2.